The number of terminal acetylenes is 2. The molecule has 100 heavy (non-hydrogen) atoms. The number of ether oxygens (including phenoxy) is 1. The number of Topliss-reactive ketones (excluding diaryl/α,β-unsaturated/α-hetero) is 2. The van der Waals surface area contributed by atoms with E-state index < -0.39 is 194 Å². The molecule has 0 N–H and O–H groups in total. The molecule has 0 fully saturated rings. The van der Waals surface area contributed by atoms with Crippen molar-refractivity contribution in [3.05, 3.63) is 25.3 Å². The Labute approximate surface area is 610 Å². The van der Waals surface area contributed by atoms with Gasteiger partial charge in [0.1, 0.15) is 0 Å². The minimum absolute atomic E-state index is 0.103. The third-order valence-electron chi connectivity index (χ3n) is 7.84. The summed E-state index contributed by atoms with van der Waals surface area (Å²) in [5, 5.41) is 0. The first-order valence-corrected chi connectivity index (χ1v) is 44.8. The van der Waals surface area contributed by atoms with Gasteiger partial charge in [-0.25, -0.2) is 0 Å². The van der Waals surface area contributed by atoms with Crippen molar-refractivity contribution in [1.82, 2.24) is 0 Å². The number of rotatable bonds is 24. The highest BCUT2D eigenvalue weighted by molar-refractivity contribution is 7.65. The topological polar surface area (TPSA) is 235 Å². The van der Waals surface area contributed by atoms with Gasteiger partial charge in [0.2, 0.25) is 5.78 Å². The Kier molecular flexibility index (Phi) is 60.9. The minimum atomic E-state index is -5.50. The third-order valence-corrected chi connectivity index (χ3v) is 18.3. The van der Waals surface area contributed by atoms with E-state index in [1.54, 1.807) is 0 Å². The van der Waals surface area contributed by atoms with Crippen molar-refractivity contribution >= 4 is 207 Å². The lowest BCUT2D eigenvalue weighted by Crippen LogP contribution is -2.53. The van der Waals surface area contributed by atoms with Crippen LogP contribution in [-0.2, 0) is 79.2 Å². The summed E-state index contributed by atoms with van der Waals surface area (Å²) in [6.45, 7) is 11.6. The molecule has 0 aromatic carbocycles. The number of allylic oxidation sites excluding steroid dienone is 2. The molecular formula is C48H54Cl10F20O17Si5. The molecule has 0 heterocycles. The van der Waals surface area contributed by atoms with E-state index in [2.05, 4.69) is 68.6 Å². The molecule has 0 amide bonds. The van der Waals surface area contributed by atoms with Crippen LogP contribution in [0.4, 0.5) is 87.8 Å². The monoisotopic (exact) mass is 1770 g/mol. The molecule has 17 nitrogen and oxygen atoms in total. The van der Waals surface area contributed by atoms with Crippen LogP contribution >= 0.6 is 111 Å². The molecule has 52 heteroatoms. The van der Waals surface area contributed by atoms with Crippen LogP contribution in [0.25, 0.3) is 0 Å². The predicted octanol–water partition coefficient (Wildman–Crippen LogP) is 16.4. The number of carbonyl (C=O) groups excluding carboxylic acids is 10. The summed E-state index contributed by atoms with van der Waals surface area (Å²) in [5.41, 5.74) is 0. The highest BCUT2D eigenvalue weighted by atomic mass is 35.9. The minimum Gasteiger partial charge on any atom is -0.455 e. The Bertz CT molecular complexity index is 2620. The molecule has 0 aromatic heterocycles. The number of esters is 2. The highest BCUT2D eigenvalue weighted by Gasteiger charge is 2.63. The first-order chi connectivity index (χ1) is 44.2. The van der Waals surface area contributed by atoms with Crippen molar-refractivity contribution < 1.29 is 167 Å². The summed E-state index contributed by atoms with van der Waals surface area (Å²) in [4.78, 5) is 108. The van der Waals surface area contributed by atoms with Crippen LogP contribution in [0.5, 0.6) is 0 Å². The molecule has 0 bridgehead atoms. The van der Waals surface area contributed by atoms with Gasteiger partial charge in [-0.05, 0) is 53.8 Å². The zero-order chi connectivity index (χ0) is 82.3. The number of hydrogen-bond donors (Lipinski definition) is 0. The van der Waals surface area contributed by atoms with Gasteiger partial charge >= 0.3 is 96.7 Å². The summed E-state index contributed by atoms with van der Waals surface area (Å²) >= 11 is 52.2. The van der Waals surface area contributed by atoms with Crippen LogP contribution in [0.3, 0.4) is 0 Å². The number of alkyl halides is 21. The smallest absolute Gasteiger partial charge is 0.455 e. The number of halogens is 30. The standard InChI is InChI=1S/C18H26F4O12Si2.C7H4O2.C6H8Cl6F4Si2.C6H6F4.C5H3Cl.C4H6O3.2CF4.Cl3HSi/c1-11(23)29-35(30-12(2)24,31-13(3)25)9-7-17(19,20)18(21,22)8-10-36(32-14(4)26,33-15(5)27)34-16(6)28;1-3-4-5-7(9)6(2)8;7-17(8,9)3-1-5(13,14)6(15,16)2-4-18(10,11)12;1-3-5(7,8)6(9,10)4-2;1-2-3-4-5-6;1-3(5)7-4(2)6;2*2-1(3,4)5;1-4(2)3/h7-10H2,1-6H3;1H,2H3;1-4H2;3-4H,1-2H2;1H,5H2;1-2H3;;;4H. The van der Waals surface area contributed by atoms with Crippen LogP contribution in [0.2, 0.25) is 24.2 Å². The number of ketones is 2. The fourth-order valence-corrected chi connectivity index (χ4v) is 12.1. The second-order valence-corrected chi connectivity index (χ2v) is 46.9. The van der Waals surface area contributed by atoms with Crippen LogP contribution in [0.1, 0.15) is 88.0 Å². The lowest BCUT2D eigenvalue weighted by molar-refractivity contribution is -0.238. The summed E-state index contributed by atoms with van der Waals surface area (Å²) in [6.07, 6.45) is -7.80. The van der Waals surface area contributed by atoms with E-state index in [-0.39, 0.29) is 12.2 Å². The predicted molar refractivity (Wildman–Crippen MR) is 338 cm³/mol. The number of carbonyl (C=O) groups is 10. The van der Waals surface area contributed by atoms with E-state index in [1.807, 2.05) is 17.8 Å². The van der Waals surface area contributed by atoms with Gasteiger partial charge in [-0.15, -0.1) is 159 Å². The maximum absolute atomic E-state index is 14.6. The zero-order valence-corrected chi connectivity index (χ0v) is 64.7. The molecule has 0 aromatic rings. The van der Waals surface area contributed by atoms with Crippen molar-refractivity contribution in [2.75, 3.05) is 5.88 Å². The quantitative estimate of drug-likeness (QED) is 0.00834. The molecule has 0 unspecified atom stereocenters. The largest absolute Gasteiger partial charge is 0.705 e. The first kappa shape index (κ1) is 114. The summed E-state index contributed by atoms with van der Waals surface area (Å²) in [5.74, 6) is -23.3. The number of hydrogen-bond acceptors (Lipinski definition) is 17. The van der Waals surface area contributed by atoms with E-state index in [0.29, 0.717) is 5.88 Å². The first-order valence-electron chi connectivity index (χ1n) is 24.6. The Hall–Kier alpha value is -4.40. The van der Waals surface area contributed by atoms with Crippen molar-refractivity contribution in [3.8, 4) is 48.4 Å². The summed E-state index contributed by atoms with van der Waals surface area (Å²) in [6, 6.07) is -10.4. The fourth-order valence-electron chi connectivity index (χ4n) is 4.43. The Morgan fingerprint density at radius 1 is 0.410 bits per heavy atom. The van der Waals surface area contributed by atoms with Crippen molar-refractivity contribution in [1.29, 1.82) is 0 Å². The zero-order valence-electron chi connectivity index (χ0n) is 51.9. The lowest BCUT2D eigenvalue weighted by atomic mass is 10.1. The van der Waals surface area contributed by atoms with E-state index in [1.165, 1.54) is 13.8 Å². The molecule has 0 spiro atoms. The van der Waals surface area contributed by atoms with Gasteiger partial charge in [-0.2, -0.15) is 52.7 Å². The molecule has 0 saturated carbocycles. The molecule has 0 aliphatic heterocycles. The van der Waals surface area contributed by atoms with E-state index in [4.69, 9.17) is 118 Å². The van der Waals surface area contributed by atoms with Crippen LogP contribution in [-0.4, -0.2) is 150 Å². The summed E-state index contributed by atoms with van der Waals surface area (Å²) in [7, 11) is -9.72. The van der Waals surface area contributed by atoms with Crippen molar-refractivity contribution in [3.63, 3.8) is 0 Å². The molecule has 0 rings (SSSR count). The van der Waals surface area contributed by atoms with Gasteiger partial charge in [0.05, 0.1) is 18.0 Å². The molecule has 0 aliphatic rings. The van der Waals surface area contributed by atoms with Gasteiger partial charge in [-0.1, -0.05) is 19.1 Å². The van der Waals surface area contributed by atoms with E-state index in [9.17, 15) is 136 Å². The highest BCUT2D eigenvalue weighted by Crippen LogP contribution is 2.47. The Morgan fingerprint density at radius 3 is 0.730 bits per heavy atom. The Balaban J connectivity index is -0.000000153. The molecule has 0 aliphatic carbocycles. The maximum atomic E-state index is 14.6. The third kappa shape index (κ3) is 77.8. The normalized spacial score (nSPS) is 11.3. The van der Waals surface area contributed by atoms with Gasteiger partial charge in [0, 0.05) is 88.0 Å². The van der Waals surface area contributed by atoms with E-state index >= 15 is 0 Å². The SMILES string of the molecule is C#CC#CC(=O)C(C)=O.C#CC#CCCl.C=CC(F)(F)C(F)(F)C=C.CC(=O)OC(C)=O.CC(=O)O[Si](CCC(F)(F)C(F)(F)CC[Si](OC(C)=O)(OC(C)=O)OC(C)=O)(OC(C)=O)OC(C)=O.Cl[SiH](Cl)Cl.FC(F)(CC[Si](Cl)(Cl)Cl)C(F)(F)CC[Si](Cl)(Cl)Cl.FC(F)(F)F.FC(F)(F)F. The van der Waals surface area contributed by atoms with E-state index in [0.717, 1.165) is 48.5 Å². The second-order valence-electron chi connectivity index (χ2n) is 16.7. The van der Waals surface area contributed by atoms with Crippen LogP contribution < -0.4 is 0 Å². The molecule has 0 atom stereocenters. The van der Waals surface area contributed by atoms with Crippen molar-refractivity contribution in [2.24, 2.45) is 0 Å². The van der Waals surface area contributed by atoms with Gasteiger partial charge in [0.25, 0.3) is 41.6 Å². The van der Waals surface area contributed by atoms with Crippen molar-refractivity contribution in [2.45, 2.75) is 161 Å². The average Bonchev–Trinajstić information content (AvgIpc) is 0.805. The molecule has 0 radical (unpaired) electrons. The molecule has 0 saturated heterocycles. The average molecular weight is 1780 g/mol. The lowest BCUT2D eigenvalue weighted by Gasteiger charge is -2.32. The molecule has 578 valence electrons. The maximum Gasteiger partial charge on any atom is 0.705 e. The summed E-state index contributed by atoms with van der Waals surface area (Å²) < 4.78 is 269. The van der Waals surface area contributed by atoms with Gasteiger partial charge in [-0.3, -0.25) is 47.9 Å². The van der Waals surface area contributed by atoms with Gasteiger partial charge in [0.15, 0.2) is 0 Å². The van der Waals surface area contributed by atoms with Crippen LogP contribution in [0.15, 0.2) is 25.3 Å². The second kappa shape index (κ2) is 53.4. The molecular weight excluding hydrogens is 1720 g/mol. The van der Waals surface area contributed by atoms with Crippen LogP contribution in [0, 0.1) is 48.4 Å². The fraction of sp³-hybridized carbons (Fsp3) is 0.542. The Morgan fingerprint density at radius 2 is 0.610 bits per heavy atom. The van der Waals surface area contributed by atoms with Gasteiger partial charge < -0.3 is 31.3 Å².